The van der Waals surface area contributed by atoms with Crippen molar-refractivity contribution >= 4 is 11.8 Å². The Bertz CT molecular complexity index is 246. The maximum absolute atomic E-state index is 11.4. The lowest BCUT2D eigenvalue weighted by molar-refractivity contribution is -0.126. The molecule has 14 heavy (non-hydrogen) atoms. The number of amides is 2. The number of hydrogen-bond donors (Lipinski definition) is 2. The van der Waals surface area contributed by atoms with E-state index in [0.29, 0.717) is 6.42 Å². The van der Waals surface area contributed by atoms with Crippen LogP contribution in [-0.4, -0.2) is 48.9 Å². The third-order valence-corrected chi connectivity index (χ3v) is 2.76. The van der Waals surface area contributed by atoms with Crippen molar-refractivity contribution in [1.82, 2.24) is 15.5 Å². The number of hydrogen-bond acceptors (Lipinski definition) is 4. The Morgan fingerprint density at radius 2 is 2.07 bits per heavy atom. The number of carbonyl (C=O) groups excluding carboxylic acids is 2. The van der Waals surface area contributed by atoms with E-state index in [0.717, 1.165) is 32.6 Å². The monoisotopic (exact) mass is 197 g/mol. The first-order chi connectivity index (χ1) is 6.77. The fourth-order valence-electron chi connectivity index (χ4n) is 2.01. The van der Waals surface area contributed by atoms with Gasteiger partial charge in [0, 0.05) is 19.6 Å². The van der Waals surface area contributed by atoms with Gasteiger partial charge in [-0.05, 0) is 13.0 Å². The van der Waals surface area contributed by atoms with Gasteiger partial charge < -0.3 is 5.32 Å². The molecular weight excluding hydrogens is 182 g/mol. The minimum absolute atomic E-state index is 0.128. The molecule has 5 heteroatoms. The number of imide groups is 1. The van der Waals surface area contributed by atoms with E-state index in [9.17, 15) is 9.59 Å². The van der Waals surface area contributed by atoms with Crippen LogP contribution in [-0.2, 0) is 9.59 Å². The maximum Gasteiger partial charge on any atom is 0.244 e. The van der Waals surface area contributed by atoms with Crippen molar-refractivity contribution in [2.75, 3.05) is 26.2 Å². The van der Waals surface area contributed by atoms with Crippen LogP contribution in [0, 0.1) is 0 Å². The van der Waals surface area contributed by atoms with Crippen LogP contribution in [0.25, 0.3) is 0 Å². The minimum Gasteiger partial charge on any atom is -0.315 e. The van der Waals surface area contributed by atoms with Crippen LogP contribution in [0.5, 0.6) is 0 Å². The van der Waals surface area contributed by atoms with Crippen molar-refractivity contribution in [1.29, 1.82) is 0 Å². The Morgan fingerprint density at radius 1 is 1.21 bits per heavy atom. The molecule has 0 radical (unpaired) electrons. The van der Waals surface area contributed by atoms with E-state index < -0.39 is 0 Å². The van der Waals surface area contributed by atoms with Gasteiger partial charge in [-0.25, -0.2) is 0 Å². The van der Waals surface area contributed by atoms with Crippen molar-refractivity contribution in [3.8, 4) is 0 Å². The molecule has 0 aliphatic carbocycles. The smallest absolute Gasteiger partial charge is 0.244 e. The lowest BCUT2D eigenvalue weighted by Crippen LogP contribution is -2.42. The lowest BCUT2D eigenvalue weighted by Gasteiger charge is -2.23. The van der Waals surface area contributed by atoms with Gasteiger partial charge in [-0.1, -0.05) is 0 Å². The Balaban J connectivity index is 1.98. The van der Waals surface area contributed by atoms with Crippen molar-refractivity contribution < 1.29 is 9.59 Å². The highest BCUT2D eigenvalue weighted by Gasteiger charge is 2.35. The van der Waals surface area contributed by atoms with Gasteiger partial charge in [0.25, 0.3) is 0 Å². The first kappa shape index (κ1) is 9.61. The zero-order valence-corrected chi connectivity index (χ0v) is 8.08. The average Bonchev–Trinajstić information content (AvgIpc) is 2.43. The quantitative estimate of drug-likeness (QED) is 0.513. The highest BCUT2D eigenvalue weighted by Crippen LogP contribution is 2.11. The summed E-state index contributed by atoms with van der Waals surface area (Å²) >= 11 is 0. The van der Waals surface area contributed by atoms with Gasteiger partial charge >= 0.3 is 0 Å². The summed E-state index contributed by atoms with van der Waals surface area (Å²) in [7, 11) is 0. The summed E-state index contributed by atoms with van der Waals surface area (Å²) in [5, 5.41) is 5.61. The van der Waals surface area contributed by atoms with E-state index in [1.54, 1.807) is 0 Å². The molecule has 2 aliphatic heterocycles. The standard InChI is InChI=1S/C9H15N3O2/c13-8-6-7(9(14)11-8)12-4-1-2-10-3-5-12/h7,10H,1-6H2,(H,11,13,14). The molecule has 2 saturated heterocycles. The van der Waals surface area contributed by atoms with Gasteiger partial charge in [0.15, 0.2) is 0 Å². The van der Waals surface area contributed by atoms with Gasteiger partial charge in [-0.15, -0.1) is 0 Å². The molecule has 5 nitrogen and oxygen atoms in total. The van der Waals surface area contributed by atoms with Crippen LogP contribution in [0.3, 0.4) is 0 Å². The Morgan fingerprint density at radius 3 is 2.79 bits per heavy atom. The third-order valence-electron chi connectivity index (χ3n) is 2.76. The Hall–Kier alpha value is -0.940. The highest BCUT2D eigenvalue weighted by molar-refractivity contribution is 6.05. The molecule has 2 N–H and O–H groups in total. The van der Waals surface area contributed by atoms with Crippen molar-refractivity contribution in [2.24, 2.45) is 0 Å². The second-order valence-electron chi connectivity index (χ2n) is 3.77. The zero-order valence-electron chi connectivity index (χ0n) is 8.08. The normalized spacial score (nSPS) is 30.1. The zero-order chi connectivity index (χ0) is 9.97. The SMILES string of the molecule is O=C1CC(N2CCCNCC2)C(=O)N1. The maximum atomic E-state index is 11.4. The summed E-state index contributed by atoms with van der Waals surface area (Å²) in [6.45, 7) is 3.65. The summed E-state index contributed by atoms with van der Waals surface area (Å²) in [4.78, 5) is 24.5. The molecule has 2 heterocycles. The van der Waals surface area contributed by atoms with Crippen LogP contribution in [0.15, 0.2) is 0 Å². The number of rotatable bonds is 1. The van der Waals surface area contributed by atoms with E-state index in [4.69, 9.17) is 0 Å². The molecule has 2 aliphatic rings. The predicted molar refractivity (Wildman–Crippen MR) is 50.6 cm³/mol. The molecule has 0 spiro atoms. The Labute approximate surface area is 82.8 Å². The molecule has 78 valence electrons. The molecule has 2 amide bonds. The highest BCUT2D eigenvalue weighted by atomic mass is 16.2. The van der Waals surface area contributed by atoms with E-state index in [2.05, 4.69) is 15.5 Å². The van der Waals surface area contributed by atoms with Crippen LogP contribution >= 0.6 is 0 Å². The van der Waals surface area contributed by atoms with Crippen molar-refractivity contribution in [3.05, 3.63) is 0 Å². The number of nitrogens with one attached hydrogen (secondary N) is 2. The van der Waals surface area contributed by atoms with Gasteiger partial charge in [0.2, 0.25) is 11.8 Å². The second kappa shape index (κ2) is 4.06. The van der Waals surface area contributed by atoms with Crippen LogP contribution in [0.4, 0.5) is 0 Å². The van der Waals surface area contributed by atoms with Gasteiger partial charge in [-0.2, -0.15) is 0 Å². The van der Waals surface area contributed by atoms with Crippen LogP contribution < -0.4 is 10.6 Å². The summed E-state index contributed by atoms with van der Waals surface area (Å²) in [6.07, 6.45) is 1.37. The van der Waals surface area contributed by atoms with Gasteiger partial charge in [0.05, 0.1) is 12.5 Å². The molecule has 2 fully saturated rings. The first-order valence-electron chi connectivity index (χ1n) is 5.06. The molecule has 0 aromatic heterocycles. The van der Waals surface area contributed by atoms with E-state index in [-0.39, 0.29) is 17.9 Å². The topological polar surface area (TPSA) is 61.4 Å². The largest absolute Gasteiger partial charge is 0.315 e. The minimum atomic E-state index is -0.220. The summed E-state index contributed by atoms with van der Waals surface area (Å²) in [5.74, 6) is -0.269. The van der Waals surface area contributed by atoms with Crippen LogP contribution in [0.1, 0.15) is 12.8 Å². The summed E-state index contributed by atoms with van der Waals surface area (Å²) < 4.78 is 0. The fraction of sp³-hybridized carbons (Fsp3) is 0.778. The van der Waals surface area contributed by atoms with E-state index in [1.807, 2.05) is 0 Å². The van der Waals surface area contributed by atoms with E-state index >= 15 is 0 Å². The Kier molecular flexibility index (Phi) is 2.79. The first-order valence-corrected chi connectivity index (χ1v) is 5.06. The molecular formula is C9H15N3O2. The summed E-state index contributed by atoms with van der Waals surface area (Å²) in [6, 6.07) is -0.220. The average molecular weight is 197 g/mol. The molecule has 0 saturated carbocycles. The fourth-order valence-corrected chi connectivity index (χ4v) is 2.01. The van der Waals surface area contributed by atoms with Gasteiger partial charge in [-0.3, -0.25) is 19.8 Å². The molecule has 1 atom stereocenters. The number of nitrogens with zero attached hydrogens (tertiary/aromatic N) is 1. The second-order valence-corrected chi connectivity index (χ2v) is 3.77. The van der Waals surface area contributed by atoms with Crippen molar-refractivity contribution in [2.45, 2.75) is 18.9 Å². The van der Waals surface area contributed by atoms with Crippen LogP contribution in [0.2, 0.25) is 0 Å². The lowest BCUT2D eigenvalue weighted by atomic mass is 10.2. The predicted octanol–water partition coefficient (Wildman–Crippen LogP) is -1.30. The van der Waals surface area contributed by atoms with Crippen molar-refractivity contribution in [3.63, 3.8) is 0 Å². The molecule has 2 rings (SSSR count). The molecule has 0 aromatic carbocycles. The molecule has 0 aromatic rings. The molecule has 0 bridgehead atoms. The van der Waals surface area contributed by atoms with E-state index in [1.165, 1.54) is 0 Å². The summed E-state index contributed by atoms with van der Waals surface area (Å²) in [5.41, 5.74) is 0. The molecule has 1 unspecified atom stereocenters. The van der Waals surface area contributed by atoms with Gasteiger partial charge in [0.1, 0.15) is 0 Å². The number of carbonyl (C=O) groups is 2. The third kappa shape index (κ3) is 1.93.